The summed E-state index contributed by atoms with van der Waals surface area (Å²) in [7, 11) is 1.38. The van der Waals surface area contributed by atoms with Gasteiger partial charge in [-0.2, -0.15) is 0 Å². The molecule has 6 nitrogen and oxygen atoms in total. The summed E-state index contributed by atoms with van der Waals surface area (Å²) < 4.78 is 10.9. The third-order valence-electron chi connectivity index (χ3n) is 4.89. The average molecular weight is 460 g/mol. The Hall–Kier alpha value is -3.49. The Morgan fingerprint density at radius 3 is 2.62 bits per heavy atom. The van der Waals surface area contributed by atoms with Crippen LogP contribution in [0.15, 0.2) is 81.8 Å². The van der Waals surface area contributed by atoms with Crippen molar-refractivity contribution in [1.29, 1.82) is 0 Å². The number of rotatable bonds is 6. The number of aromatic nitrogens is 3. The number of hydrogen-bond donors (Lipinski definition) is 0. The molecule has 0 spiro atoms. The van der Waals surface area contributed by atoms with Gasteiger partial charge < -0.3 is 9.15 Å². The van der Waals surface area contributed by atoms with Crippen LogP contribution in [0.25, 0.3) is 32.8 Å². The molecular weight excluding hydrogens is 442 g/mol. The third kappa shape index (κ3) is 3.90. The molecule has 3 aromatic heterocycles. The minimum Gasteiger partial charge on any atom is -0.465 e. The molecule has 3 heterocycles. The van der Waals surface area contributed by atoms with Crippen LogP contribution in [0.4, 0.5) is 0 Å². The Balaban J connectivity index is 1.59. The number of thiophene rings is 1. The second kappa shape index (κ2) is 8.94. The summed E-state index contributed by atoms with van der Waals surface area (Å²) in [4.78, 5) is 18.6. The summed E-state index contributed by atoms with van der Waals surface area (Å²) in [5.41, 5.74) is 3.59. The maximum absolute atomic E-state index is 12.9. The minimum atomic E-state index is -0.428. The first-order valence-electron chi connectivity index (χ1n) is 9.80. The fraction of sp³-hybridized carbons (Fsp3) is 0.0833. The number of fused-ring (bicyclic) bond motifs is 1. The number of thioether (sulfide) groups is 1. The topological polar surface area (TPSA) is 78.1 Å². The van der Waals surface area contributed by atoms with E-state index in [4.69, 9.17) is 14.1 Å². The summed E-state index contributed by atoms with van der Waals surface area (Å²) in [6.07, 6.45) is 0. The molecule has 5 rings (SSSR count). The molecule has 0 radical (unpaired) electrons. The van der Waals surface area contributed by atoms with E-state index in [1.807, 2.05) is 72.1 Å². The van der Waals surface area contributed by atoms with Gasteiger partial charge in [-0.3, -0.25) is 4.98 Å². The van der Waals surface area contributed by atoms with Crippen molar-refractivity contribution >= 4 is 40.0 Å². The lowest BCUT2D eigenvalue weighted by atomic mass is 9.94. The number of benzene rings is 2. The molecule has 0 fully saturated rings. The first-order chi connectivity index (χ1) is 15.7. The van der Waals surface area contributed by atoms with Crippen molar-refractivity contribution in [3.63, 3.8) is 0 Å². The van der Waals surface area contributed by atoms with Crippen LogP contribution in [0.5, 0.6) is 0 Å². The number of carbonyl (C=O) groups is 1. The maximum atomic E-state index is 12.9. The van der Waals surface area contributed by atoms with Gasteiger partial charge in [-0.1, -0.05) is 66.4 Å². The van der Waals surface area contributed by atoms with Gasteiger partial charge in [0.15, 0.2) is 0 Å². The molecular formula is C24H17N3O3S2. The molecule has 0 amide bonds. The van der Waals surface area contributed by atoms with Crippen LogP contribution < -0.4 is 0 Å². The molecule has 2 aromatic carbocycles. The number of para-hydroxylation sites is 1. The zero-order valence-corrected chi connectivity index (χ0v) is 18.7. The van der Waals surface area contributed by atoms with Gasteiger partial charge in [-0.05, 0) is 23.1 Å². The van der Waals surface area contributed by atoms with E-state index >= 15 is 0 Å². The Bertz CT molecular complexity index is 1380. The molecule has 0 unspecified atom stereocenters. The van der Waals surface area contributed by atoms with E-state index in [2.05, 4.69) is 10.2 Å². The minimum absolute atomic E-state index is 0.376. The number of nitrogens with zero attached hydrogens (tertiary/aromatic N) is 3. The molecule has 0 aliphatic rings. The van der Waals surface area contributed by atoms with Gasteiger partial charge in [0.05, 0.1) is 28.8 Å². The molecule has 0 aliphatic heterocycles. The maximum Gasteiger partial charge on any atom is 0.340 e. The van der Waals surface area contributed by atoms with E-state index in [-0.39, 0.29) is 0 Å². The molecule has 5 aromatic rings. The summed E-state index contributed by atoms with van der Waals surface area (Å²) in [6.45, 7) is 0. The van der Waals surface area contributed by atoms with E-state index in [1.165, 1.54) is 30.2 Å². The molecule has 32 heavy (non-hydrogen) atoms. The van der Waals surface area contributed by atoms with Gasteiger partial charge in [0.2, 0.25) is 0 Å². The van der Waals surface area contributed by atoms with Gasteiger partial charge in [0, 0.05) is 16.7 Å². The fourth-order valence-corrected chi connectivity index (χ4v) is 4.84. The van der Waals surface area contributed by atoms with Crippen LogP contribution in [0.2, 0.25) is 0 Å². The second-order valence-corrected chi connectivity index (χ2v) is 8.70. The van der Waals surface area contributed by atoms with Crippen molar-refractivity contribution < 1.29 is 13.9 Å². The molecule has 0 atom stereocenters. The second-order valence-electron chi connectivity index (χ2n) is 6.82. The zero-order chi connectivity index (χ0) is 21.9. The monoisotopic (exact) mass is 459 g/mol. The molecule has 158 valence electrons. The predicted molar refractivity (Wildman–Crippen MR) is 126 cm³/mol. The van der Waals surface area contributed by atoms with Crippen LogP contribution in [-0.2, 0) is 10.5 Å². The van der Waals surface area contributed by atoms with E-state index in [9.17, 15) is 4.79 Å². The summed E-state index contributed by atoms with van der Waals surface area (Å²) >= 11 is 2.88. The van der Waals surface area contributed by atoms with Crippen molar-refractivity contribution in [2.75, 3.05) is 7.11 Å². The van der Waals surface area contributed by atoms with Crippen molar-refractivity contribution in [3.8, 4) is 21.9 Å². The van der Waals surface area contributed by atoms with Crippen LogP contribution in [0.1, 0.15) is 16.1 Å². The van der Waals surface area contributed by atoms with Crippen molar-refractivity contribution in [1.82, 2.24) is 15.2 Å². The summed E-state index contributed by atoms with van der Waals surface area (Å²) in [5, 5.41) is 11.5. The predicted octanol–water partition coefficient (Wildman–Crippen LogP) is 6.09. The Kier molecular flexibility index (Phi) is 5.70. The summed E-state index contributed by atoms with van der Waals surface area (Å²) in [5.74, 6) is 0.427. The highest BCUT2D eigenvalue weighted by Gasteiger charge is 2.23. The molecule has 0 N–H and O–H groups in total. The lowest BCUT2D eigenvalue weighted by Gasteiger charge is -2.15. The van der Waals surface area contributed by atoms with Crippen molar-refractivity contribution in [3.05, 3.63) is 83.4 Å². The SMILES string of the molecule is COC(=O)c1c(CSc2nnc(-c3cccs3)o2)nc2ccccc2c1-c1ccccc1. The first kappa shape index (κ1) is 20.4. The Morgan fingerprint density at radius 2 is 1.84 bits per heavy atom. The lowest BCUT2D eigenvalue weighted by molar-refractivity contribution is 0.0600. The lowest BCUT2D eigenvalue weighted by Crippen LogP contribution is -2.10. The number of methoxy groups -OCH3 is 1. The van der Waals surface area contributed by atoms with Gasteiger partial charge in [0.25, 0.3) is 11.1 Å². The van der Waals surface area contributed by atoms with Crippen LogP contribution >= 0.6 is 23.1 Å². The molecule has 0 bridgehead atoms. The Morgan fingerprint density at radius 1 is 1.03 bits per heavy atom. The molecule has 0 saturated heterocycles. The largest absolute Gasteiger partial charge is 0.465 e. The van der Waals surface area contributed by atoms with Crippen molar-refractivity contribution in [2.24, 2.45) is 0 Å². The number of ether oxygens (including phenoxy) is 1. The molecule has 8 heteroatoms. The van der Waals surface area contributed by atoms with Crippen LogP contribution in [0, 0.1) is 0 Å². The highest BCUT2D eigenvalue weighted by Crippen LogP contribution is 2.36. The standard InChI is InChI=1S/C24H17N3O3S2/c1-29-23(28)21-18(14-32-24-27-26-22(30-24)19-12-7-13-31-19)25-17-11-6-5-10-16(17)20(21)15-8-3-2-4-9-15/h2-13H,14H2,1H3. The zero-order valence-electron chi connectivity index (χ0n) is 17.0. The number of hydrogen-bond acceptors (Lipinski definition) is 8. The number of pyridine rings is 1. The highest BCUT2D eigenvalue weighted by atomic mass is 32.2. The molecule has 0 saturated carbocycles. The number of esters is 1. The van der Waals surface area contributed by atoms with Crippen LogP contribution in [0.3, 0.4) is 0 Å². The van der Waals surface area contributed by atoms with Gasteiger partial charge in [-0.15, -0.1) is 21.5 Å². The summed E-state index contributed by atoms with van der Waals surface area (Å²) in [6, 6.07) is 21.5. The Labute approximate surface area is 192 Å². The highest BCUT2D eigenvalue weighted by molar-refractivity contribution is 7.98. The fourth-order valence-electron chi connectivity index (χ4n) is 3.49. The van der Waals surface area contributed by atoms with Gasteiger partial charge in [-0.25, -0.2) is 4.79 Å². The average Bonchev–Trinajstić information content (AvgIpc) is 3.54. The quantitative estimate of drug-likeness (QED) is 0.224. The van der Waals surface area contributed by atoms with E-state index in [0.29, 0.717) is 28.1 Å². The smallest absolute Gasteiger partial charge is 0.340 e. The molecule has 0 aliphatic carbocycles. The van der Waals surface area contributed by atoms with Crippen LogP contribution in [-0.4, -0.2) is 28.3 Å². The van der Waals surface area contributed by atoms with E-state index in [0.717, 1.165) is 26.9 Å². The van der Waals surface area contributed by atoms with Gasteiger partial charge in [0.1, 0.15) is 0 Å². The van der Waals surface area contributed by atoms with Crippen molar-refractivity contribution in [2.45, 2.75) is 11.0 Å². The van der Waals surface area contributed by atoms with E-state index in [1.54, 1.807) is 0 Å². The van der Waals surface area contributed by atoms with Gasteiger partial charge >= 0.3 is 5.97 Å². The normalized spacial score (nSPS) is 11.0. The number of carbonyl (C=O) groups excluding carboxylic acids is 1. The third-order valence-corrected chi connectivity index (χ3v) is 6.58. The van der Waals surface area contributed by atoms with E-state index < -0.39 is 5.97 Å². The first-order valence-corrected chi connectivity index (χ1v) is 11.7.